The van der Waals surface area contributed by atoms with Gasteiger partial charge in [0, 0.05) is 16.8 Å². The standard InChI is InChI=1S/C19H16ClF2NO4/c1-12(18(25)23-15-4-2-3-14(20)11-15)26-17(24)10-7-13-5-8-16(9-6-13)27-19(21)22/h2-12,19H,1H3,(H,23,25)/b10-7+/t12-/m1/s1. The first kappa shape index (κ1) is 20.4. The largest absolute Gasteiger partial charge is 0.449 e. The molecule has 0 fully saturated rings. The second-order valence-corrected chi connectivity index (χ2v) is 5.80. The quantitative estimate of drug-likeness (QED) is 0.552. The van der Waals surface area contributed by atoms with Crippen LogP contribution in [-0.4, -0.2) is 24.6 Å². The van der Waals surface area contributed by atoms with Crippen LogP contribution < -0.4 is 10.1 Å². The molecule has 27 heavy (non-hydrogen) atoms. The Hall–Kier alpha value is -2.93. The molecule has 0 aromatic heterocycles. The molecule has 0 aliphatic rings. The van der Waals surface area contributed by atoms with Gasteiger partial charge in [-0.25, -0.2) is 4.79 Å². The highest BCUT2D eigenvalue weighted by Crippen LogP contribution is 2.16. The van der Waals surface area contributed by atoms with Gasteiger partial charge in [0.2, 0.25) is 0 Å². The van der Waals surface area contributed by atoms with Crippen molar-refractivity contribution < 1.29 is 27.8 Å². The van der Waals surface area contributed by atoms with Crippen molar-refractivity contribution in [2.75, 3.05) is 5.32 Å². The normalized spacial score (nSPS) is 12.0. The molecule has 0 spiro atoms. The second-order valence-electron chi connectivity index (χ2n) is 5.36. The molecular weight excluding hydrogens is 380 g/mol. The fourth-order valence-corrected chi connectivity index (χ4v) is 2.19. The van der Waals surface area contributed by atoms with E-state index in [4.69, 9.17) is 16.3 Å². The molecule has 0 bridgehead atoms. The highest BCUT2D eigenvalue weighted by molar-refractivity contribution is 6.30. The van der Waals surface area contributed by atoms with Gasteiger partial charge in [-0.3, -0.25) is 4.79 Å². The monoisotopic (exact) mass is 395 g/mol. The molecule has 0 saturated carbocycles. The van der Waals surface area contributed by atoms with Crippen LogP contribution in [0.15, 0.2) is 54.6 Å². The zero-order valence-electron chi connectivity index (χ0n) is 14.2. The number of amides is 1. The minimum atomic E-state index is -2.90. The third-order valence-corrected chi connectivity index (χ3v) is 3.51. The number of nitrogens with one attached hydrogen (secondary N) is 1. The lowest BCUT2D eigenvalue weighted by Crippen LogP contribution is -2.29. The van der Waals surface area contributed by atoms with E-state index in [2.05, 4.69) is 10.1 Å². The predicted octanol–water partition coefficient (Wildman–Crippen LogP) is 4.53. The SMILES string of the molecule is C[C@@H](OC(=O)/C=C/c1ccc(OC(F)F)cc1)C(=O)Nc1cccc(Cl)c1. The average molecular weight is 396 g/mol. The third-order valence-electron chi connectivity index (χ3n) is 3.27. The van der Waals surface area contributed by atoms with Gasteiger partial charge in [-0.05, 0) is 48.9 Å². The summed E-state index contributed by atoms with van der Waals surface area (Å²) in [5, 5.41) is 3.05. The number of hydrogen-bond acceptors (Lipinski definition) is 4. The van der Waals surface area contributed by atoms with Gasteiger partial charge in [0.05, 0.1) is 0 Å². The smallest absolute Gasteiger partial charge is 0.387 e. The minimum absolute atomic E-state index is 0.0102. The molecular formula is C19H16ClF2NO4. The highest BCUT2D eigenvalue weighted by atomic mass is 35.5. The van der Waals surface area contributed by atoms with Crippen LogP contribution in [0.2, 0.25) is 5.02 Å². The van der Waals surface area contributed by atoms with E-state index >= 15 is 0 Å². The first-order valence-electron chi connectivity index (χ1n) is 7.83. The molecule has 0 aliphatic carbocycles. The van der Waals surface area contributed by atoms with Crippen molar-refractivity contribution in [2.45, 2.75) is 19.6 Å². The number of carbonyl (C=O) groups excluding carboxylic acids is 2. The number of benzene rings is 2. The number of halogens is 3. The minimum Gasteiger partial charge on any atom is -0.449 e. The maximum Gasteiger partial charge on any atom is 0.387 e. The van der Waals surface area contributed by atoms with E-state index in [0.717, 1.165) is 6.08 Å². The number of anilines is 1. The van der Waals surface area contributed by atoms with Crippen molar-refractivity contribution in [1.29, 1.82) is 0 Å². The van der Waals surface area contributed by atoms with Gasteiger partial charge in [0.25, 0.3) is 5.91 Å². The van der Waals surface area contributed by atoms with Crippen molar-refractivity contribution in [2.24, 2.45) is 0 Å². The molecule has 0 radical (unpaired) electrons. The molecule has 8 heteroatoms. The van der Waals surface area contributed by atoms with E-state index in [0.29, 0.717) is 16.3 Å². The Morgan fingerprint density at radius 3 is 2.48 bits per heavy atom. The van der Waals surface area contributed by atoms with Crippen LogP contribution in [0.3, 0.4) is 0 Å². The summed E-state index contributed by atoms with van der Waals surface area (Å²) in [6.07, 6.45) is 1.53. The van der Waals surface area contributed by atoms with Crippen LogP contribution in [0, 0.1) is 0 Å². The Bertz CT molecular complexity index is 825. The number of esters is 1. The molecule has 1 atom stereocenters. The van der Waals surface area contributed by atoms with Gasteiger partial charge in [-0.2, -0.15) is 8.78 Å². The summed E-state index contributed by atoms with van der Waals surface area (Å²) < 4.78 is 33.4. The van der Waals surface area contributed by atoms with E-state index < -0.39 is 24.6 Å². The zero-order chi connectivity index (χ0) is 19.8. The van der Waals surface area contributed by atoms with Gasteiger partial charge >= 0.3 is 12.6 Å². The fourth-order valence-electron chi connectivity index (χ4n) is 2.00. The fraction of sp³-hybridized carbons (Fsp3) is 0.158. The third kappa shape index (κ3) is 7.07. The van der Waals surface area contributed by atoms with Gasteiger partial charge in [0.15, 0.2) is 6.10 Å². The Balaban J connectivity index is 1.86. The molecule has 2 rings (SSSR count). The van der Waals surface area contributed by atoms with Crippen molar-refractivity contribution in [3.8, 4) is 5.75 Å². The van der Waals surface area contributed by atoms with E-state index in [1.807, 2.05) is 0 Å². The van der Waals surface area contributed by atoms with Crippen LogP contribution in [0.1, 0.15) is 12.5 Å². The molecule has 1 N–H and O–H groups in total. The molecule has 2 aromatic carbocycles. The summed E-state index contributed by atoms with van der Waals surface area (Å²) in [7, 11) is 0. The van der Waals surface area contributed by atoms with Crippen LogP contribution in [0.4, 0.5) is 14.5 Å². The Labute approximate surface area is 159 Å². The van der Waals surface area contributed by atoms with E-state index in [1.165, 1.54) is 37.3 Å². The van der Waals surface area contributed by atoms with Crippen molar-refractivity contribution >= 4 is 35.2 Å². The Morgan fingerprint density at radius 2 is 1.85 bits per heavy atom. The Morgan fingerprint density at radius 1 is 1.15 bits per heavy atom. The summed E-state index contributed by atoms with van der Waals surface area (Å²) in [4.78, 5) is 23.8. The summed E-state index contributed by atoms with van der Waals surface area (Å²) in [6.45, 7) is -1.47. The number of alkyl halides is 2. The van der Waals surface area contributed by atoms with Crippen LogP contribution >= 0.6 is 11.6 Å². The maximum atomic E-state index is 12.1. The maximum absolute atomic E-state index is 12.1. The van der Waals surface area contributed by atoms with E-state index in [1.54, 1.807) is 24.3 Å². The number of hydrogen-bond donors (Lipinski definition) is 1. The van der Waals surface area contributed by atoms with Crippen molar-refractivity contribution in [3.05, 3.63) is 65.2 Å². The Kier molecular flexibility index (Phi) is 7.31. The molecule has 0 saturated heterocycles. The summed E-state index contributed by atoms with van der Waals surface area (Å²) in [5.41, 5.74) is 1.06. The lowest BCUT2D eigenvalue weighted by molar-refractivity contribution is -0.148. The lowest BCUT2D eigenvalue weighted by Gasteiger charge is -2.12. The average Bonchev–Trinajstić information content (AvgIpc) is 2.60. The van der Waals surface area contributed by atoms with Gasteiger partial charge < -0.3 is 14.8 Å². The van der Waals surface area contributed by atoms with E-state index in [-0.39, 0.29) is 5.75 Å². The first-order chi connectivity index (χ1) is 12.8. The molecule has 0 unspecified atom stereocenters. The topological polar surface area (TPSA) is 64.6 Å². The van der Waals surface area contributed by atoms with Crippen LogP contribution in [0.25, 0.3) is 6.08 Å². The summed E-state index contributed by atoms with van der Waals surface area (Å²) in [5.74, 6) is -1.22. The van der Waals surface area contributed by atoms with Crippen molar-refractivity contribution in [1.82, 2.24) is 0 Å². The first-order valence-corrected chi connectivity index (χ1v) is 8.21. The van der Waals surface area contributed by atoms with E-state index in [9.17, 15) is 18.4 Å². The van der Waals surface area contributed by atoms with Crippen molar-refractivity contribution in [3.63, 3.8) is 0 Å². The highest BCUT2D eigenvalue weighted by Gasteiger charge is 2.16. The molecule has 0 heterocycles. The van der Waals surface area contributed by atoms with Gasteiger partial charge in [-0.1, -0.05) is 29.8 Å². The van der Waals surface area contributed by atoms with Gasteiger partial charge in [-0.15, -0.1) is 0 Å². The molecule has 0 aliphatic heterocycles. The van der Waals surface area contributed by atoms with Gasteiger partial charge in [0.1, 0.15) is 5.75 Å². The van der Waals surface area contributed by atoms with Crippen LogP contribution in [0.5, 0.6) is 5.75 Å². The molecule has 5 nitrogen and oxygen atoms in total. The zero-order valence-corrected chi connectivity index (χ0v) is 15.0. The second kappa shape index (κ2) is 9.68. The molecule has 2 aromatic rings. The van der Waals surface area contributed by atoms with Crippen LogP contribution in [-0.2, 0) is 14.3 Å². The molecule has 1 amide bonds. The number of carbonyl (C=O) groups is 2. The predicted molar refractivity (Wildman–Crippen MR) is 97.7 cm³/mol. The number of rotatable bonds is 7. The lowest BCUT2D eigenvalue weighted by atomic mass is 10.2. The number of ether oxygens (including phenoxy) is 2. The summed E-state index contributed by atoms with van der Waals surface area (Å²) >= 11 is 5.84. The summed E-state index contributed by atoms with van der Waals surface area (Å²) in [6, 6.07) is 12.2. The molecule has 142 valence electrons.